The predicted octanol–water partition coefficient (Wildman–Crippen LogP) is 6.82. The third kappa shape index (κ3) is 7.95. The van der Waals surface area contributed by atoms with Crippen LogP contribution in [0.15, 0.2) is 72.9 Å². The topological polar surface area (TPSA) is 96.5 Å². The fourth-order valence-corrected chi connectivity index (χ4v) is 4.76. The number of amides is 1. The number of carbonyl (C=O) groups is 2. The zero-order chi connectivity index (χ0) is 30.6. The highest BCUT2D eigenvalue weighted by Crippen LogP contribution is 2.28. The molecule has 0 unspecified atom stereocenters. The van der Waals surface area contributed by atoms with Gasteiger partial charge in [0.1, 0.15) is 11.5 Å². The van der Waals surface area contributed by atoms with E-state index in [1.807, 2.05) is 25.1 Å². The molecule has 0 saturated carbocycles. The van der Waals surface area contributed by atoms with Gasteiger partial charge < -0.3 is 15.4 Å². The molecule has 43 heavy (non-hydrogen) atoms. The standard InChI is InChI=1S/C32H30F3N5O3/c1-20-3-4-22(19-40-15-13-26(41)14-16-40)17-28(20)38-30(42)24-5-9-25(10-6-24)37-31-36-18-21(2)29(39-31)23-7-11-27(12-8-23)43-32(33,34)35/h3-12,17-18H,13-16,19H2,1-2H3,(H,38,42)(H,36,37,39). The van der Waals surface area contributed by atoms with Gasteiger partial charge in [0, 0.05) is 61.2 Å². The van der Waals surface area contributed by atoms with Crippen molar-refractivity contribution in [2.24, 2.45) is 0 Å². The molecule has 1 fully saturated rings. The van der Waals surface area contributed by atoms with Gasteiger partial charge in [-0.15, -0.1) is 13.2 Å². The van der Waals surface area contributed by atoms with Gasteiger partial charge >= 0.3 is 6.36 Å². The summed E-state index contributed by atoms with van der Waals surface area (Å²) in [4.78, 5) is 35.7. The van der Waals surface area contributed by atoms with Crippen molar-refractivity contribution in [2.75, 3.05) is 23.7 Å². The maximum absolute atomic E-state index is 13.0. The maximum Gasteiger partial charge on any atom is 0.573 e. The Morgan fingerprint density at radius 1 is 0.953 bits per heavy atom. The van der Waals surface area contributed by atoms with Crippen LogP contribution in [0.4, 0.5) is 30.5 Å². The highest BCUT2D eigenvalue weighted by molar-refractivity contribution is 6.04. The van der Waals surface area contributed by atoms with E-state index in [1.54, 1.807) is 37.4 Å². The first-order chi connectivity index (χ1) is 20.5. The molecule has 1 aliphatic rings. The van der Waals surface area contributed by atoms with E-state index in [9.17, 15) is 22.8 Å². The van der Waals surface area contributed by atoms with Crippen LogP contribution in [0.3, 0.4) is 0 Å². The van der Waals surface area contributed by atoms with Crippen LogP contribution < -0.4 is 15.4 Å². The normalized spacial score (nSPS) is 13.9. The first-order valence-corrected chi connectivity index (χ1v) is 13.7. The lowest BCUT2D eigenvalue weighted by molar-refractivity contribution is -0.274. The molecule has 1 saturated heterocycles. The fraction of sp³-hybridized carbons (Fsp3) is 0.250. The van der Waals surface area contributed by atoms with E-state index in [0.29, 0.717) is 47.1 Å². The van der Waals surface area contributed by atoms with Crippen LogP contribution in [0.2, 0.25) is 0 Å². The molecule has 5 rings (SSSR count). The first kappa shape index (κ1) is 29.7. The van der Waals surface area contributed by atoms with Crippen molar-refractivity contribution in [3.8, 4) is 17.0 Å². The highest BCUT2D eigenvalue weighted by Gasteiger charge is 2.31. The molecule has 8 nitrogen and oxygen atoms in total. The smallest absolute Gasteiger partial charge is 0.406 e. The quantitative estimate of drug-likeness (QED) is 0.233. The number of likely N-dealkylation sites (tertiary alicyclic amines) is 1. The number of benzene rings is 3. The Kier molecular flexibility index (Phi) is 8.72. The molecule has 2 heterocycles. The summed E-state index contributed by atoms with van der Waals surface area (Å²) in [5.74, 6) is 0.0308. The van der Waals surface area contributed by atoms with Crippen LogP contribution in [0.25, 0.3) is 11.3 Å². The number of aryl methyl sites for hydroxylation is 2. The summed E-state index contributed by atoms with van der Waals surface area (Å²) < 4.78 is 41.4. The van der Waals surface area contributed by atoms with Crippen LogP contribution in [-0.2, 0) is 11.3 Å². The molecule has 3 aromatic carbocycles. The minimum Gasteiger partial charge on any atom is -0.406 e. The van der Waals surface area contributed by atoms with E-state index < -0.39 is 6.36 Å². The van der Waals surface area contributed by atoms with Crippen LogP contribution in [0, 0.1) is 13.8 Å². The summed E-state index contributed by atoms with van der Waals surface area (Å²) in [7, 11) is 0. The lowest BCUT2D eigenvalue weighted by Crippen LogP contribution is -2.33. The number of carbonyl (C=O) groups excluding carboxylic acids is 2. The van der Waals surface area contributed by atoms with E-state index in [-0.39, 0.29) is 11.7 Å². The van der Waals surface area contributed by atoms with Gasteiger partial charge in [-0.05, 0) is 85.1 Å². The third-order valence-electron chi connectivity index (χ3n) is 7.11. The molecule has 11 heteroatoms. The van der Waals surface area contributed by atoms with Crippen molar-refractivity contribution < 1.29 is 27.5 Å². The molecular weight excluding hydrogens is 559 g/mol. The second kappa shape index (κ2) is 12.6. The molecule has 1 aliphatic heterocycles. The maximum atomic E-state index is 13.0. The van der Waals surface area contributed by atoms with E-state index >= 15 is 0 Å². The van der Waals surface area contributed by atoms with Crippen molar-refractivity contribution >= 4 is 29.0 Å². The SMILES string of the molecule is Cc1ccc(CN2CCC(=O)CC2)cc1NC(=O)c1ccc(Nc2ncc(C)c(-c3ccc(OC(F)(F)F)cc3)n2)cc1. The number of ketones is 1. The number of rotatable bonds is 8. The van der Waals surface area contributed by atoms with Crippen molar-refractivity contribution in [2.45, 2.75) is 39.6 Å². The number of nitrogens with one attached hydrogen (secondary N) is 2. The Morgan fingerprint density at radius 2 is 1.65 bits per heavy atom. The van der Waals surface area contributed by atoms with Crippen LogP contribution >= 0.6 is 0 Å². The van der Waals surface area contributed by atoms with Gasteiger partial charge in [-0.25, -0.2) is 9.97 Å². The molecule has 0 spiro atoms. The minimum absolute atomic E-state index is 0.248. The molecule has 222 valence electrons. The number of nitrogens with zero attached hydrogens (tertiary/aromatic N) is 3. The molecule has 2 N–H and O–H groups in total. The number of anilines is 3. The lowest BCUT2D eigenvalue weighted by atomic mass is 10.1. The summed E-state index contributed by atoms with van der Waals surface area (Å²) in [6.07, 6.45) is -1.99. The minimum atomic E-state index is -4.76. The van der Waals surface area contributed by atoms with E-state index in [4.69, 9.17) is 0 Å². The summed E-state index contributed by atoms with van der Waals surface area (Å²) >= 11 is 0. The molecular formula is C32H30F3N5O3. The summed E-state index contributed by atoms with van der Waals surface area (Å²) in [5, 5.41) is 6.11. The summed E-state index contributed by atoms with van der Waals surface area (Å²) in [6.45, 7) is 5.96. The van der Waals surface area contributed by atoms with Gasteiger partial charge in [0.2, 0.25) is 5.95 Å². The van der Waals surface area contributed by atoms with Crippen molar-refractivity contribution in [1.82, 2.24) is 14.9 Å². The number of piperidine rings is 1. The number of ether oxygens (including phenoxy) is 1. The van der Waals surface area contributed by atoms with Crippen LogP contribution in [0.1, 0.15) is 39.9 Å². The van der Waals surface area contributed by atoms with Gasteiger partial charge in [0.05, 0.1) is 5.69 Å². The Labute approximate surface area is 246 Å². The second-order valence-electron chi connectivity index (χ2n) is 10.4. The van der Waals surface area contributed by atoms with Crippen LogP contribution in [-0.4, -0.2) is 46.0 Å². The largest absolute Gasteiger partial charge is 0.573 e. The van der Waals surface area contributed by atoms with Gasteiger partial charge in [-0.1, -0.05) is 12.1 Å². The zero-order valence-corrected chi connectivity index (χ0v) is 23.7. The average Bonchev–Trinajstić information content (AvgIpc) is 2.97. The molecule has 0 atom stereocenters. The van der Waals surface area contributed by atoms with Crippen molar-refractivity contribution in [1.29, 1.82) is 0 Å². The number of hydrogen-bond acceptors (Lipinski definition) is 7. The Balaban J connectivity index is 1.23. The van der Waals surface area contributed by atoms with Gasteiger partial charge in [0.15, 0.2) is 0 Å². The van der Waals surface area contributed by atoms with Gasteiger partial charge in [-0.3, -0.25) is 14.5 Å². The van der Waals surface area contributed by atoms with E-state index in [0.717, 1.165) is 42.0 Å². The van der Waals surface area contributed by atoms with Gasteiger partial charge in [-0.2, -0.15) is 0 Å². The van der Waals surface area contributed by atoms with E-state index in [2.05, 4.69) is 30.2 Å². The third-order valence-corrected chi connectivity index (χ3v) is 7.11. The number of alkyl halides is 3. The fourth-order valence-electron chi connectivity index (χ4n) is 4.76. The zero-order valence-electron chi connectivity index (χ0n) is 23.7. The molecule has 0 aliphatic carbocycles. The monoisotopic (exact) mass is 589 g/mol. The second-order valence-corrected chi connectivity index (χ2v) is 10.4. The average molecular weight is 590 g/mol. The molecule has 0 radical (unpaired) electrons. The molecule has 1 aromatic heterocycles. The number of halogens is 3. The molecule has 1 amide bonds. The predicted molar refractivity (Wildman–Crippen MR) is 157 cm³/mol. The molecule has 4 aromatic rings. The summed E-state index contributed by atoms with van der Waals surface area (Å²) in [6, 6.07) is 18.3. The number of aromatic nitrogens is 2. The highest BCUT2D eigenvalue weighted by atomic mass is 19.4. The van der Waals surface area contributed by atoms with Gasteiger partial charge in [0.25, 0.3) is 5.91 Å². The number of Topliss-reactive ketones (excluding diaryl/α,β-unsaturated/α-hetero) is 1. The van der Waals surface area contributed by atoms with Crippen LogP contribution in [0.5, 0.6) is 5.75 Å². The number of hydrogen-bond donors (Lipinski definition) is 2. The lowest BCUT2D eigenvalue weighted by Gasteiger charge is -2.26. The Morgan fingerprint density at radius 3 is 2.33 bits per heavy atom. The first-order valence-electron chi connectivity index (χ1n) is 13.7. The van der Waals surface area contributed by atoms with Crippen molar-refractivity contribution in [3.63, 3.8) is 0 Å². The Bertz CT molecular complexity index is 1610. The van der Waals surface area contributed by atoms with Crippen molar-refractivity contribution in [3.05, 3.63) is 95.2 Å². The van der Waals surface area contributed by atoms with E-state index in [1.165, 1.54) is 24.3 Å². The molecule has 0 bridgehead atoms. The summed E-state index contributed by atoms with van der Waals surface area (Å²) in [5.41, 5.74) is 5.77. The Hall–Kier alpha value is -4.77.